The molecule has 9 heavy (non-hydrogen) atoms. The maximum atomic E-state index is 3.18. The summed E-state index contributed by atoms with van der Waals surface area (Å²) in [5, 5.41) is 9.33. The van der Waals surface area contributed by atoms with Crippen LogP contribution in [0.15, 0.2) is 0 Å². The Morgan fingerprint density at radius 1 is 1.11 bits per heavy atom. The molecule has 48 valence electrons. The second-order valence-corrected chi connectivity index (χ2v) is 2.22. The fraction of sp³-hybridized carbons (Fsp3) is 0.333. The number of hydrogen-bond acceptors (Lipinski definition) is 3. The summed E-state index contributed by atoms with van der Waals surface area (Å²) >= 11 is 0. The lowest BCUT2D eigenvalue weighted by Gasteiger charge is -2.25. The summed E-state index contributed by atoms with van der Waals surface area (Å²) in [6.45, 7) is 5.85. The van der Waals surface area contributed by atoms with Crippen molar-refractivity contribution in [3.8, 4) is 0 Å². The summed E-state index contributed by atoms with van der Waals surface area (Å²) in [5.41, 5.74) is 0. The van der Waals surface area contributed by atoms with E-state index in [4.69, 9.17) is 0 Å². The lowest BCUT2D eigenvalue weighted by Crippen LogP contribution is -2.49. The maximum Gasteiger partial charge on any atom is 0.0872 e. The molecule has 0 aromatic heterocycles. The summed E-state index contributed by atoms with van der Waals surface area (Å²) in [4.78, 5) is 0. The van der Waals surface area contributed by atoms with Gasteiger partial charge in [-0.3, -0.25) is 10.6 Å². The number of fused-ring (bicyclic) bond motifs is 1. The highest BCUT2D eigenvalue weighted by atomic mass is 15.2. The van der Waals surface area contributed by atoms with Gasteiger partial charge < -0.3 is 5.32 Å². The second kappa shape index (κ2) is 2.25. The number of rotatable bonds is 0. The van der Waals surface area contributed by atoms with E-state index < -0.39 is 0 Å². The first-order chi connectivity index (χ1) is 4.47. The minimum Gasteiger partial charge on any atom is -0.306 e. The van der Waals surface area contributed by atoms with Crippen molar-refractivity contribution in [2.24, 2.45) is 0 Å². The van der Waals surface area contributed by atoms with Gasteiger partial charge in [-0.1, -0.05) is 0 Å². The van der Waals surface area contributed by atoms with Crippen LogP contribution in [0.5, 0.6) is 0 Å². The lowest BCUT2D eigenvalue weighted by molar-refractivity contribution is 0.470. The van der Waals surface area contributed by atoms with E-state index in [9.17, 15) is 0 Å². The molecule has 3 N–H and O–H groups in total. The van der Waals surface area contributed by atoms with Gasteiger partial charge in [0.05, 0.1) is 6.67 Å². The van der Waals surface area contributed by atoms with Crippen LogP contribution in [-0.4, -0.2) is 12.1 Å². The molecule has 0 spiro atoms. The Bertz CT molecular complexity index is 92.5. The number of hydrogen-bond donors (Lipinski definition) is 3. The molecule has 3 nitrogen and oxygen atoms in total. The van der Waals surface area contributed by atoms with E-state index in [2.05, 4.69) is 22.4 Å². The Hall–Kier alpha value is -0.120. The fourth-order valence-corrected chi connectivity index (χ4v) is 1.10. The van der Waals surface area contributed by atoms with Crippen molar-refractivity contribution in [3.05, 3.63) is 26.2 Å². The molecule has 0 aromatic carbocycles. The largest absolute Gasteiger partial charge is 0.306 e. The Morgan fingerprint density at radius 2 is 2.11 bits per heavy atom. The van der Waals surface area contributed by atoms with E-state index in [1.807, 2.05) is 19.8 Å². The van der Waals surface area contributed by atoms with Crippen molar-refractivity contribution in [3.63, 3.8) is 0 Å². The molecule has 2 aliphatic rings. The van der Waals surface area contributed by atoms with E-state index in [0.717, 1.165) is 0 Å². The third kappa shape index (κ3) is 0.956. The first-order valence-electron chi connectivity index (χ1n) is 3.07. The van der Waals surface area contributed by atoms with Gasteiger partial charge in [0.15, 0.2) is 0 Å². The van der Waals surface area contributed by atoms with Crippen molar-refractivity contribution in [2.45, 2.75) is 12.1 Å². The van der Waals surface area contributed by atoms with Gasteiger partial charge in [-0.15, -0.1) is 0 Å². The number of nitrogens with one attached hydrogen (secondary N) is 3. The second-order valence-electron chi connectivity index (χ2n) is 2.22. The minimum absolute atomic E-state index is 0.426. The Morgan fingerprint density at radius 3 is 3.00 bits per heavy atom. The topological polar surface area (TPSA) is 36.1 Å². The highest BCUT2D eigenvalue weighted by Crippen LogP contribution is 2.12. The predicted molar refractivity (Wildman–Crippen MR) is 34.2 cm³/mol. The summed E-state index contributed by atoms with van der Waals surface area (Å²) in [6, 6.07) is 0.876. The lowest BCUT2D eigenvalue weighted by atomic mass is 10.1. The third-order valence-electron chi connectivity index (χ3n) is 1.61. The highest BCUT2D eigenvalue weighted by molar-refractivity contribution is 5.15. The smallest absolute Gasteiger partial charge is 0.0872 e. The van der Waals surface area contributed by atoms with Crippen molar-refractivity contribution in [1.82, 2.24) is 16.0 Å². The van der Waals surface area contributed by atoms with Gasteiger partial charge in [0, 0.05) is 25.2 Å². The van der Waals surface area contributed by atoms with Crippen molar-refractivity contribution < 1.29 is 0 Å². The zero-order chi connectivity index (χ0) is 6.10. The highest BCUT2D eigenvalue weighted by Gasteiger charge is 2.29. The Labute approximate surface area is 55.2 Å². The summed E-state index contributed by atoms with van der Waals surface area (Å²) < 4.78 is 0. The molecule has 2 aliphatic heterocycles. The van der Waals surface area contributed by atoms with Crippen LogP contribution in [0.2, 0.25) is 0 Å². The van der Waals surface area contributed by atoms with E-state index in [1.165, 1.54) is 0 Å². The van der Waals surface area contributed by atoms with E-state index in [-0.39, 0.29) is 0 Å². The molecule has 3 heteroatoms. The average Bonchev–Trinajstić information content (AvgIpc) is 2.33. The van der Waals surface area contributed by atoms with Gasteiger partial charge in [0.1, 0.15) is 0 Å². The van der Waals surface area contributed by atoms with Gasteiger partial charge in [0.2, 0.25) is 0 Å². The molecule has 0 aliphatic carbocycles. The molecule has 0 aromatic rings. The van der Waals surface area contributed by atoms with E-state index in [1.54, 1.807) is 0 Å². The third-order valence-corrected chi connectivity index (χ3v) is 1.61. The molecule has 2 rings (SSSR count). The Balaban J connectivity index is 1.97. The monoisotopic (exact) mass is 123 g/mol. The van der Waals surface area contributed by atoms with Crippen LogP contribution < -0.4 is 16.0 Å². The molecule has 2 atom stereocenters. The van der Waals surface area contributed by atoms with Gasteiger partial charge >= 0.3 is 0 Å². The summed E-state index contributed by atoms with van der Waals surface area (Å²) in [6.07, 6.45) is 2.11. The molecule has 2 heterocycles. The summed E-state index contributed by atoms with van der Waals surface area (Å²) in [5.74, 6) is 0. The fourth-order valence-electron chi connectivity index (χ4n) is 1.10. The quantitative estimate of drug-likeness (QED) is 0.393. The molecule has 0 amide bonds. The van der Waals surface area contributed by atoms with Crippen LogP contribution in [0.3, 0.4) is 0 Å². The first-order valence-corrected chi connectivity index (χ1v) is 3.07. The molecule has 2 fully saturated rings. The van der Waals surface area contributed by atoms with Crippen LogP contribution in [0.1, 0.15) is 0 Å². The van der Waals surface area contributed by atoms with Crippen LogP contribution >= 0.6 is 0 Å². The first kappa shape index (κ1) is 5.65. The molecule has 0 bridgehead atoms. The zero-order valence-electron chi connectivity index (χ0n) is 4.96. The van der Waals surface area contributed by atoms with Crippen molar-refractivity contribution >= 4 is 0 Å². The molecular weight excluding hydrogens is 114 g/mol. The molecular formula is C6H9N3. The summed E-state index contributed by atoms with van der Waals surface area (Å²) in [7, 11) is 0. The average molecular weight is 123 g/mol. The molecule has 4 radical (unpaired) electrons. The Kier molecular flexibility index (Phi) is 1.41. The van der Waals surface area contributed by atoms with Crippen LogP contribution in [0, 0.1) is 26.2 Å². The van der Waals surface area contributed by atoms with Crippen molar-refractivity contribution in [1.29, 1.82) is 0 Å². The predicted octanol–water partition coefficient (Wildman–Crippen LogP) is -0.833. The van der Waals surface area contributed by atoms with Crippen LogP contribution in [0.25, 0.3) is 0 Å². The van der Waals surface area contributed by atoms with Gasteiger partial charge in [-0.25, -0.2) is 0 Å². The van der Waals surface area contributed by atoms with Crippen molar-refractivity contribution in [2.75, 3.05) is 0 Å². The van der Waals surface area contributed by atoms with E-state index in [0.29, 0.717) is 12.1 Å². The normalized spacial score (nSPS) is 42.7. The van der Waals surface area contributed by atoms with Gasteiger partial charge in [-0.2, -0.15) is 0 Å². The van der Waals surface area contributed by atoms with Crippen LogP contribution in [0.4, 0.5) is 0 Å². The molecule has 2 saturated heterocycles. The minimum atomic E-state index is 0.426. The van der Waals surface area contributed by atoms with Gasteiger partial charge in [0.25, 0.3) is 0 Å². The van der Waals surface area contributed by atoms with Gasteiger partial charge in [-0.05, 0) is 6.42 Å². The maximum absolute atomic E-state index is 3.18. The van der Waals surface area contributed by atoms with Crippen LogP contribution in [-0.2, 0) is 0 Å². The standard InChI is InChI=1S/C6H9N3/c1-2-8-6-3-7-4-9-5(1)6/h1-9H. The van der Waals surface area contributed by atoms with E-state index >= 15 is 0 Å². The molecule has 0 saturated carbocycles. The SMILES string of the molecule is [CH]1[CH]C2N[CH]N[CH]C2N1. The molecule has 2 unspecified atom stereocenters. The zero-order valence-corrected chi connectivity index (χ0v) is 4.96.